The molecule has 0 spiro atoms. The summed E-state index contributed by atoms with van der Waals surface area (Å²) in [6.07, 6.45) is 16.2. The Kier molecular flexibility index (Phi) is 11.2. The van der Waals surface area contributed by atoms with Gasteiger partial charge in [-0.3, -0.25) is 0 Å². The predicted octanol–water partition coefficient (Wildman–Crippen LogP) is 5.65. The van der Waals surface area contributed by atoms with Crippen LogP contribution in [0.3, 0.4) is 0 Å². The van der Waals surface area contributed by atoms with Gasteiger partial charge in [0.2, 0.25) is 0 Å². The van der Waals surface area contributed by atoms with Crippen LogP contribution in [0.5, 0.6) is 0 Å². The lowest BCUT2D eigenvalue weighted by atomic mass is 10.0. The first-order valence-electron chi connectivity index (χ1n) is 6.63. The van der Waals surface area contributed by atoms with Gasteiger partial charge in [-0.15, -0.1) is 6.58 Å². The Morgan fingerprint density at radius 3 is 2.33 bits per heavy atom. The zero-order valence-electron chi connectivity index (χ0n) is 10.7. The van der Waals surface area contributed by atoms with Gasteiger partial charge in [0.05, 0.1) is 0 Å². The second kappa shape index (κ2) is 11.6. The molecule has 0 aliphatic heterocycles. The molecular weight excluding hydrogens is 180 g/mol. The van der Waals surface area contributed by atoms with Crippen molar-refractivity contribution in [2.24, 2.45) is 0 Å². The molecule has 0 heteroatoms. The standard InChI is InChI=1S/C15H28/c1-4-7-9-11-14-15(12-6-3)13-10-8-5-2/h4,13H,1,5-12,14H2,2-3H3. The van der Waals surface area contributed by atoms with Gasteiger partial charge < -0.3 is 0 Å². The third-order valence-electron chi connectivity index (χ3n) is 2.72. The van der Waals surface area contributed by atoms with Crippen molar-refractivity contribution in [2.45, 2.75) is 71.6 Å². The van der Waals surface area contributed by atoms with Crippen molar-refractivity contribution in [3.8, 4) is 0 Å². The van der Waals surface area contributed by atoms with E-state index in [9.17, 15) is 0 Å². The lowest BCUT2D eigenvalue weighted by Crippen LogP contribution is -1.85. The molecule has 0 nitrogen and oxygen atoms in total. The minimum absolute atomic E-state index is 1.17. The molecule has 15 heavy (non-hydrogen) atoms. The summed E-state index contributed by atoms with van der Waals surface area (Å²) in [7, 11) is 0. The van der Waals surface area contributed by atoms with Gasteiger partial charge in [0, 0.05) is 0 Å². The second-order valence-corrected chi connectivity index (χ2v) is 4.29. The van der Waals surface area contributed by atoms with Crippen LogP contribution in [0.2, 0.25) is 0 Å². The van der Waals surface area contributed by atoms with Gasteiger partial charge >= 0.3 is 0 Å². The Labute approximate surface area is 96.5 Å². The normalized spacial score (nSPS) is 11.7. The highest BCUT2D eigenvalue weighted by molar-refractivity contribution is 5.01. The van der Waals surface area contributed by atoms with Crippen LogP contribution >= 0.6 is 0 Å². The van der Waals surface area contributed by atoms with E-state index in [1.54, 1.807) is 5.57 Å². The summed E-state index contributed by atoms with van der Waals surface area (Å²) in [6, 6.07) is 0. The molecule has 0 aromatic rings. The van der Waals surface area contributed by atoms with Crippen molar-refractivity contribution in [3.63, 3.8) is 0 Å². The van der Waals surface area contributed by atoms with Crippen molar-refractivity contribution >= 4 is 0 Å². The van der Waals surface area contributed by atoms with Gasteiger partial charge in [-0.05, 0) is 38.5 Å². The highest BCUT2D eigenvalue weighted by Gasteiger charge is 1.96. The largest absolute Gasteiger partial charge is 0.103 e. The summed E-state index contributed by atoms with van der Waals surface area (Å²) >= 11 is 0. The van der Waals surface area contributed by atoms with E-state index in [1.165, 1.54) is 57.8 Å². The van der Waals surface area contributed by atoms with Gasteiger partial charge in [0.1, 0.15) is 0 Å². The molecule has 0 amide bonds. The van der Waals surface area contributed by atoms with Gasteiger partial charge in [-0.2, -0.15) is 0 Å². The molecule has 0 saturated carbocycles. The van der Waals surface area contributed by atoms with Crippen LogP contribution in [0.15, 0.2) is 24.3 Å². The molecule has 0 rings (SSSR count). The fraction of sp³-hybridized carbons (Fsp3) is 0.733. The van der Waals surface area contributed by atoms with Crippen molar-refractivity contribution in [2.75, 3.05) is 0 Å². The first-order valence-corrected chi connectivity index (χ1v) is 6.63. The summed E-state index contributed by atoms with van der Waals surface area (Å²) in [5.74, 6) is 0. The lowest BCUT2D eigenvalue weighted by Gasteiger charge is -2.05. The van der Waals surface area contributed by atoms with Gasteiger partial charge in [-0.25, -0.2) is 0 Å². The van der Waals surface area contributed by atoms with Crippen LogP contribution in [0.25, 0.3) is 0 Å². The third kappa shape index (κ3) is 9.78. The molecule has 0 aromatic carbocycles. The van der Waals surface area contributed by atoms with Crippen LogP contribution in [0.1, 0.15) is 71.6 Å². The number of unbranched alkanes of at least 4 members (excludes halogenated alkanes) is 4. The fourth-order valence-corrected chi connectivity index (χ4v) is 1.80. The van der Waals surface area contributed by atoms with Crippen LogP contribution in [-0.4, -0.2) is 0 Å². The molecule has 88 valence electrons. The molecule has 0 radical (unpaired) electrons. The van der Waals surface area contributed by atoms with E-state index in [4.69, 9.17) is 0 Å². The lowest BCUT2D eigenvalue weighted by molar-refractivity contribution is 0.704. The van der Waals surface area contributed by atoms with Crippen LogP contribution in [-0.2, 0) is 0 Å². The van der Waals surface area contributed by atoms with Crippen molar-refractivity contribution in [1.82, 2.24) is 0 Å². The summed E-state index contributed by atoms with van der Waals surface area (Å²) in [6.45, 7) is 8.30. The minimum Gasteiger partial charge on any atom is -0.103 e. The second-order valence-electron chi connectivity index (χ2n) is 4.29. The van der Waals surface area contributed by atoms with E-state index in [1.807, 2.05) is 6.08 Å². The SMILES string of the molecule is C=CCCCCC(=CCCCC)CCC. The maximum atomic E-state index is 3.76. The number of hydrogen-bond acceptors (Lipinski definition) is 0. The summed E-state index contributed by atoms with van der Waals surface area (Å²) in [4.78, 5) is 0. The van der Waals surface area contributed by atoms with Crippen molar-refractivity contribution < 1.29 is 0 Å². The molecule has 0 aliphatic rings. The van der Waals surface area contributed by atoms with E-state index >= 15 is 0 Å². The summed E-state index contributed by atoms with van der Waals surface area (Å²) < 4.78 is 0. The number of allylic oxidation sites excluding steroid dienone is 3. The molecule has 0 N–H and O–H groups in total. The molecule has 0 atom stereocenters. The zero-order chi connectivity index (χ0) is 11.4. The Balaban J connectivity index is 3.70. The fourth-order valence-electron chi connectivity index (χ4n) is 1.80. The molecular formula is C15H28. The maximum absolute atomic E-state index is 3.76. The average molecular weight is 208 g/mol. The first kappa shape index (κ1) is 14.5. The Morgan fingerprint density at radius 2 is 1.73 bits per heavy atom. The number of rotatable bonds is 10. The molecule has 0 aromatic heterocycles. The molecule has 0 aliphatic carbocycles. The topological polar surface area (TPSA) is 0 Å². The van der Waals surface area contributed by atoms with E-state index in [-0.39, 0.29) is 0 Å². The Morgan fingerprint density at radius 1 is 0.933 bits per heavy atom. The van der Waals surface area contributed by atoms with Gasteiger partial charge in [-0.1, -0.05) is 50.8 Å². The molecule has 0 bridgehead atoms. The smallest absolute Gasteiger partial charge is 0.0320 e. The van der Waals surface area contributed by atoms with Crippen molar-refractivity contribution in [1.29, 1.82) is 0 Å². The quantitative estimate of drug-likeness (QED) is 0.321. The van der Waals surface area contributed by atoms with Crippen LogP contribution in [0.4, 0.5) is 0 Å². The maximum Gasteiger partial charge on any atom is -0.0320 e. The van der Waals surface area contributed by atoms with E-state index < -0.39 is 0 Å². The Hall–Kier alpha value is -0.520. The number of hydrogen-bond donors (Lipinski definition) is 0. The van der Waals surface area contributed by atoms with Crippen molar-refractivity contribution in [3.05, 3.63) is 24.3 Å². The molecule has 0 saturated heterocycles. The predicted molar refractivity (Wildman–Crippen MR) is 71.2 cm³/mol. The first-order chi connectivity index (χ1) is 7.35. The highest BCUT2D eigenvalue weighted by atomic mass is 14.0. The minimum atomic E-state index is 1.17. The zero-order valence-corrected chi connectivity index (χ0v) is 10.7. The highest BCUT2D eigenvalue weighted by Crippen LogP contribution is 2.16. The molecule has 0 heterocycles. The molecule has 0 fully saturated rings. The van der Waals surface area contributed by atoms with E-state index in [2.05, 4.69) is 26.5 Å². The van der Waals surface area contributed by atoms with Gasteiger partial charge in [0.15, 0.2) is 0 Å². The van der Waals surface area contributed by atoms with E-state index in [0.717, 1.165) is 0 Å². The summed E-state index contributed by atoms with van der Waals surface area (Å²) in [5, 5.41) is 0. The van der Waals surface area contributed by atoms with Crippen LogP contribution in [0, 0.1) is 0 Å². The van der Waals surface area contributed by atoms with E-state index in [0.29, 0.717) is 0 Å². The summed E-state index contributed by atoms with van der Waals surface area (Å²) in [5.41, 5.74) is 1.69. The molecule has 0 unspecified atom stereocenters. The monoisotopic (exact) mass is 208 g/mol. The van der Waals surface area contributed by atoms with Gasteiger partial charge in [0.25, 0.3) is 0 Å². The average Bonchev–Trinajstić information content (AvgIpc) is 2.24. The van der Waals surface area contributed by atoms with Crippen LogP contribution < -0.4 is 0 Å². The Bertz CT molecular complexity index is 165. The third-order valence-corrected chi connectivity index (χ3v) is 2.72.